The Morgan fingerprint density at radius 2 is 2.00 bits per heavy atom. The van der Waals surface area contributed by atoms with Crippen molar-refractivity contribution in [2.45, 2.75) is 19.3 Å². The Balaban J connectivity index is 1.60. The van der Waals surface area contributed by atoms with Crippen LogP contribution in [0.5, 0.6) is 11.5 Å². The second-order valence-corrected chi connectivity index (χ2v) is 6.13. The summed E-state index contributed by atoms with van der Waals surface area (Å²) in [5.74, 6) is 2.59. The third-order valence-corrected chi connectivity index (χ3v) is 4.43. The van der Waals surface area contributed by atoms with Crippen molar-refractivity contribution in [3.63, 3.8) is 0 Å². The van der Waals surface area contributed by atoms with Crippen LogP contribution in [0.3, 0.4) is 0 Å². The van der Waals surface area contributed by atoms with Gasteiger partial charge in [0.15, 0.2) is 0 Å². The number of hydrogen-bond donors (Lipinski definition) is 1. The van der Waals surface area contributed by atoms with Crippen LogP contribution in [0.25, 0.3) is 0 Å². The molecule has 2 aromatic carbocycles. The Morgan fingerprint density at radius 1 is 1.09 bits per heavy atom. The average molecular weight is 311 g/mol. The van der Waals surface area contributed by atoms with Crippen LogP contribution < -0.4 is 14.8 Å². The summed E-state index contributed by atoms with van der Waals surface area (Å²) in [7, 11) is 1.71. The van der Waals surface area contributed by atoms with Gasteiger partial charge < -0.3 is 14.8 Å². The van der Waals surface area contributed by atoms with Crippen molar-refractivity contribution in [3.05, 3.63) is 59.7 Å². The highest BCUT2D eigenvalue weighted by atomic mass is 16.5. The first-order valence-electron chi connectivity index (χ1n) is 8.39. The normalized spacial score (nSPS) is 17.2. The Morgan fingerprint density at radius 3 is 2.83 bits per heavy atom. The number of benzene rings is 2. The molecule has 23 heavy (non-hydrogen) atoms. The molecule has 0 aromatic heterocycles. The molecular weight excluding hydrogens is 286 g/mol. The largest absolute Gasteiger partial charge is 0.497 e. The summed E-state index contributed by atoms with van der Waals surface area (Å²) in [6, 6.07) is 16.7. The van der Waals surface area contributed by atoms with Crippen molar-refractivity contribution < 1.29 is 9.47 Å². The molecule has 0 amide bonds. The molecule has 0 bridgehead atoms. The van der Waals surface area contributed by atoms with E-state index in [-0.39, 0.29) is 0 Å². The maximum absolute atomic E-state index is 6.09. The van der Waals surface area contributed by atoms with Crippen molar-refractivity contribution in [1.82, 2.24) is 5.32 Å². The molecule has 0 saturated carbocycles. The first kappa shape index (κ1) is 15.9. The van der Waals surface area contributed by atoms with Gasteiger partial charge in [0.2, 0.25) is 0 Å². The minimum Gasteiger partial charge on any atom is -0.497 e. The highest BCUT2D eigenvalue weighted by molar-refractivity contribution is 5.35. The fourth-order valence-electron chi connectivity index (χ4n) is 3.02. The van der Waals surface area contributed by atoms with Crippen molar-refractivity contribution in [2.24, 2.45) is 5.92 Å². The van der Waals surface area contributed by atoms with Crippen molar-refractivity contribution in [3.8, 4) is 11.5 Å². The minimum absolute atomic E-state index is 0.640. The van der Waals surface area contributed by atoms with Gasteiger partial charge in [0, 0.05) is 12.5 Å². The molecule has 122 valence electrons. The fraction of sp³-hybridized carbons (Fsp3) is 0.400. The number of nitrogens with one attached hydrogen (secondary N) is 1. The van der Waals surface area contributed by atoms with Gasteiger partial charge >= 0.3 is 0 Å². The summed E-state index contributed by atoms with van der Waals surface area (Å²) >= 11 is 0. The summed E-state index contributed by atoms with van der Waals surface area (Å²) in [6.07, 6.45) is 3.18. The van der Waals surface area contributed by atoms with Crippen LogP contribution in [-0.2, 0) is 12.8 Å². The maximum atomic E-state index is 6.09. The van der Waals surface area contributed by atoms with E-state index in [4.69, 9.17) is 9.47 Å². The van der Waals surface area contributed by atoms with Crippen molar-refractivity contribution >= 4 is 0 Å². The summed E-state index contributed by atoms with van der Waals surface area (Å²) < 4.78 is 11.4. The third kappa shape index (κ3) is 4.49. The van der Waals surface area contributed by atoms with E-state index in [0.29, 0.717) is 5.92 Å². The van der Waals surface area contributed by atoms with Gasteiger partial charge in [-0.25, -0.2) is 0 Å². The second-order valence-electron chi connectivity index (χ2n) is 6.13. The summed E-state index contributed by atoms with van der Waals surface area (Å²) in [4.78, 5) is 0. The van der Waals surface area contributed by atoms with Gasteiger partial charge in [-0.15, -0.1) is 0 Å². The van der Waals surface area contributed by atoms with E-state index >= 15 is 0 Å². The lowest BCUT2D eigenvalue weighted by atomic mass is 10.0. The van der Waals surface area contributed by atoms with Gasteiger partial charge in [-0.1, -0.05) is 30.3 Å². The van der Waals surface area contributed by atoms with Gasteiger partial charge in [-0.2, -0.15) is 0 Å². The number of para-hydroxylation sites is 1. The molecule has 0 radical (unpaired) electrons. The minimum atomic E-state index is 0.640. The molecule has 1 saturated heterocycles. The Bertz CT molecular complexity index is 621. The molecule has 1 N–H and O–H groups in total. The molecule has 1 aliphatic heterocycles. The van der Waals surface area contributed by atoms with Crippen LogP contribution in [0, 0.1) is 5.92 Å². The predicted molar refractivity (Wildman–Crippen MR) is 93.3 cm³/mol. The molecule has 3 nitrogen and oxygen atoms in total. The first-order valence-corrected chi connectivity index (χ1v) is 8.39. The van der Waals surface area contributed by atoms with Gasteiger partial charge in [0.25, 0.3) is 0 Å². The van der Waals surface area contributed by atoms with E-state index in [1.165, 1.54) is 17.5 Å². The average Bonchev–Trinajstić information content (AvgIpc) is 3.12. The molecule has 0 aliphatic carbocycles. The zero-order valence-corrected chi connectivity index (χ0v) is 13.8. The summed E-state index contributed by atoms with van der Waals surface area (Å²) in [5.41, 5.74) is 2.57. The number of ether oxygens (including phenoxy) is 2. The molecule has 1 heterocycles. The topological polar surface area (TPSA) is 30.5 Å². The molecule has 1 atom stereocenters. The van der Waals surface area contributed by atoms with E-state index in [0.717, 1.165) is 44.0 Å². The van der Waals surface area contributed by atoms with Crippen LogP contribution in [-0.4, -0.2) is 26.8 Å². The van der Waals surface area contributed by atoms with Gasteiger partial charge in [0.1, 0.15) is 11.5 Å². The van der Waals surface area contributed by atoms with Gasteiger partial charge in [-0.3, -0.25) is 0 Å². The van der Waals surface area contributed by atoms with Crippen LogP contribution >= 0.6 is 0 Å². The molecule has 3 heteroatoms. The lowest BCUT2D eigenvalue weighted by molar-refractivity contribution is 0.258. The van der Waals surface area contributed by atoms with E-state index in [1.807, 2.05) is 12.1 Å². The van der Waals surface area contributed by atoms with Crippen molar-refractivity contribution in [1.29, 1.82) is 0 Å². The van der Waals surface area contributed by atoms with Crippen molar-refractivity contribution in [2.75, 3.05) is 26.8 Å². The van der Waals surface area contributed by atoms with Crippen LogP contribution in [0.15, 0.2) is 48.5 Å². The number of hydrogen-bond acceptors (Lipinski definition) is 3. The Kier molecular flexibility index (Phi) is 5.54. The SMILES string of the molecule is COc1cccc(CCc2ccccc2OC[C@H]2CCNC2)c1. The quantitative estimate of drug-likeness (QED) is 0.849. The lowest BCUT2D eigenvalue weighted by Gasteiger charge is -2.14. The Labute approximate surface area is 138 Å². The first-order chi connectivity index (χ1) is 11.3. The smallest absolute Gasteiger partial charge is 0.122 e. The van der Waals surface area contributed by atoms with Crippen LogP contribution in [0.1, 0.15) is 17.5 Å². The number of rotatable bonds is 7. The van der Waals surface area contributed by atoms with Gasteiger partial charge in [0.05, 0.1) is 13.7 Å². The summed E-state index contributed by atoms with van der Waals surface area (Å²) in [5, 5.41) is 3.39. The molecule has 1 aliphatic rings. The fourth-order valence-corrected chi connectivity index (χ4v) is 3.02. The molecule has 0 spiro atoms. The van der Waals surface area contributed by atoms with Crippen LogP contribution in [0.2, 0.25) is 0 Å². The zero-order chi connectivity index (χ0) is 15.9. The zero-order valence-electron chi connectivity index (χ0n) is 13.8. The van der Waals surface area contributed by atoms with Gasteiger partial charge in [-0.05, 0) is 55.1 Å². The second kappa shape index (κ2) is 8.02. The highest BCUT2D eigenvalue weighted by Crippen LogP contribution is 2.22. The number of aryl methyl sites for hydroxylation is 2. The molecule has 0 unspecified atom stereocenters. The molecule has 3 rings (SSSR count). The number of methoxy groups -OCH3 is 1. The van der Waals surface area contributed by atoms with E-state index < -0.39 is 0 Å². The Hall–Kier alpha value is -2.00. The molecule has 1 fully saturated rings. The molecular formula is C20H25NO2. The van der Waals surface area contributed by atoms with Crippen LogP contribution in [0.4, 0.5) is 0 Å². The standard InChI is InChI=1S/C20H25NO2/c1-22-19-7-4-5-16(13-19)9-10-18-6-2-3-8-20(18)23-15-17-11-12-21-14-17/h2-8,13,17,21H,9-12,14-15H2,1H3/t17-/m0/s1. The predicted octanol–water partition coefficient (Wildman–Crippen LogP) is 3.47. The monoisotopic (exact) mass is 311 g/mol. The lowest BCUT2D eigenvalue weighted by Crippen LogP contribution is -2.16. The third-order valence-electron chi connectivity index (χ3n) is 4.43. The van der Waals surface area contributed by atoms with E-state index in [2.05, 4.69) is 41.7 Å². The highest BCUT2D eigenvalue weighted by Gasteiger charge is 2.15. The maximum Gasteiger partial charge on any atom is 0.122 e. The summed E-state index contributed by atoms with van der Waals surface area (Å²) in [6.45, 7) is 3.00. The molecule has 2 aromatic rings. The van der Waals surface area contributed by atoms with E-state index in [1.54, 1.807) is 7.11 Å². The van der Waals surface area contributed by atoms with E-state index in [9.17, 15) is 0 Å².